The molecule has 0 aliphatic carbocycles. The number of nitrogens with one attached hydrogen (secondary N) is 1. The molecule has 0 radical (unpaired) electrons. The maximum absolute atomic E-state index is 12.5. The summed E-state index contributed by atoms with van der Waals surface area (Å²) in [5.74, 6) is 0.629. The van der Waals surface area contributed by atoms with Crippen LogP contribution in [0.25, 0.3) is 5.69 Å². The standard InChI is InChI=1S/C19H20N6O2/c1-14-16(7-8-17(21-14)24-9-11-27-12-10-24)22-19(26)18-20-13-25(23-18)15-5-3-2-4-6-15/h2-8,13H,9-12H2,1H3,(H,22,26). The Morgan fingerprint density at radius 2 is 1.89 bits per heavy atom. The zero-order valence-electron chi connectivity index (χ0n) is 15.0. The molecule has 1 aliphatic heterocycles. The van der Waals surface area contributed by atoms with E-state index in [0.29, 0.717) is 18.9 Å². The van der Waals surface area contributed by atoms with Crippen LogP contribution in [0.5, 0.6) is 0 Å². The van der Waals surface area contributed by atoms with Gasteiger partial charge in [-0.1, -0.05) is 18.2 Å². The van der Waals surface area contributed by atoms with Gasteiger partial charge in [0, 0.05) is 13.1 Å². The Morgan fingerprint density at radius 3 is 2.63 bits per heavy atom. The Morgan fingerprint density at radius 1 is 1.11 bits per heavy atom. The number of ether oxygens (including phenoxy) is 1. The molecule has 0 bridgehead atoms. The molecule has 3 aromatic rings. The van der Waals surface area contributed by atoms with Crippen LogP contribution in [0.2, 0.25) is 0 Å². The highest BCUT2D eigenvalue weighted by molar-refractivity contribution is 6.01. The van der Waals surface area contributed by atoms with E-state index >= 15 is 0 Å². The number of carbonyl (C=O) groups is 1. The SMILES string of the molecule is Cc1nc(N2CCOCC2)ccc1NC(=O)c1ncn(-c2ccccc2)n1. The molecule has 1 amide bonds. The van der Waals surface area contributed by atoms with Crippen LogP contribution in [0.3, 0.4) is 0 Å². The number of para-hydroxylation sites is 1. The van der Waals surface area contributed by atoms with E-state index in [2.05, 4.69) is 25.3 Å². The van der Waals surface area contributed by atoms with Crippen molar-refractivity contribution in [3.05, 3.63) is 60.3 Å². The lowest BCUT2D eigenvalue weighted by atomic mass is 10.3. The first-order chi connectivity index (χ1) is 13.2. The summed E-state index contributed by atoms with van der Waals surface area (Å²) in [7, 11) is 0. The number of amides is 1. The molecule has 1 aromatic carbocycles. The van der Waals surface area contributed by atoms with Crippen molar-refractivity contribution < 1.29 is 9.53 Å². The summed E-state index contributed by atoms with van der Waals surface area (Å²) in [5.41, 5.74) is 2.24. The van der Waals surface area contributed by atoms with Crippen LogP contribution in [0.15, 0.2) is 48.8 Å². The van der Waals surface area contributed by atoms with Crippen LogP contribution in [-0.4, -0.2) is 52.0 Å². The average Bonchev–Trinajstić information content (AvgIpc) is 3.21. The summed E-state index contributed by atoms with van der Waals surface area (Å²) in [6, 6.07) is 13.3. The van der Waals surface area contributed by atoms with E-state index in [4.69, 9.17) is 4.74 Å². The number of nitrogens with zero attached hydrogens (tertiary/aromatic N) is 5. The Hall–Kier alpha value is -3.26. The number of pyridine rings is 1. The van der Waals surface area contributed by atoms with E-state index in [1.165, 1.54) is 6.33 Å². The minimum atomic E-state index is -0.367. The van der Waals surface area contributed by atoms with Crippen molar-refractivity contribution in [2.75, 3.05) is 36.5 Å². The quantitative estimate of drug-likeness (QED) is 0.763. The topological polar surface area (TPSA) is 85.2 Å². The molecule has 0 unspecified atom stereocenters. The molecule has 138 valence electrons. The monoisotopic (exact) mass is 364 g/mol. The molecule has 0 spiro atoms. The van der Waals surface area contributed by atoms with Crippen molar-refractivity contribution in [2.45, 2.75) is 6.92 Å². The molecule has 8 heteroatoms. The van der Waals surface area contributed by atoms with Gasteiger partial charge >= 0.3 is 0 Å². The minimum Gasteiger partial charge on any atom is -0.378 e. The van der Waals surface area contributed by atoms with Gasteiger partial charge in [0.15, 0.2) is 0 Å². The van der Waals surface area contributed by atoms with Crippen molar-refractivity contribution in [1.82, 2.24) is 19.7 Å². The Kier molecular flexibility index (Phi) is 4.80. The van der Waals surface area contributed by atoms with Crippen molar-refractivity contribution in [2.24, 2.45) is 0 Å². The third-order valence-electron chi connectivity index (χ3n) is 4.37. The molecule has 4 rings (SSSR count). The lowest BCUT2D eigenvalue weighted by Gasteiger charge is -2.28. The van der Waals surface area contributed by atoms with Gasteiger partial charge in [0.05, 0.1) is 30.3 Å². The van der Waals surface area contributed by atoms with Crippen LogP contribution in [0.4, 0.5) is 11.5 Å². The van der Waals surface area contributed by atoms with E-state index < -0.39 is 0 Å². The van der Waals surface area contributed by atoms with Crippen molar-refractivity contribution in [3.8, 4) is 5.69 Å². The predicted molar refractivity (Wildman–Crippen MR) is 101 cm³/mol. The molecule has 1 aliphatic rings. The number of aromatic nitrogens is 4. The highest BCUT2D eigenvalue weighted by Crippen LogP contribution is 2.20. The summed E-state index contributed by atoms with van der Waals surface area (Å²) in [6.07, 6.45) is 1.52. The van der Waals surface area contributed by atoms with Gasteiger partial charge in [0.2, 0.25) is 5.82 Å². The second-order valence-corrected chi connectivity index (χ2v) is 6.20. The van der Waals surface area contributed by atoms with E-state index in [1.54, 1.807) is 4.68 Å². The number of anilines is 2. The lowest BCUT2D eigenvalue weighted by Crippen LogP contribution is -2.36. The number of hydrogen-bond donors (Lipinski definition) is 1. The smallest absolute Gasteiger partial charge is 0.295 e. The summed E-state index contributed by atoms with van der Waals surface area (Å²) in [4.78, 5) is 23.4. The van der Waals surface area contributed by atoms with Crippen LogP contribution >= 0.6 is 0 Å². The highest BCUT2D eigenvalue weighted by atomic mass is 16.5. The molecule has 3 heterocycles. The summed E-state index contributed by atoms with van der Waals surface area (Å²) >= 11 is 0. The number of carbonyl (C=O) groups excluding carboxylic acids is 1. The van der Waals surface area contributed by atoms with Gasteiger partial charge < -0.3 is 15.0 Å². The zero-order chi connectivity index (χ0) is 18.6. The average molecular weight is 364 g/mol. The maximum atomic E-state index is 12.5. The number of hydrogen-bond acceptors (Lipinski definition) is 6. The van der Waals surface area contributed by atoms with Crippen molar-refractivity contribution in [3.63, 3.8) is 0 Å². The van der Waals surface area contributed by atoms with Gasteiger partial charge in [-0.25, -0.2) is 14.6 Å². The number of rotatable bonds is 4. The van der Waals surface area contributed by atoms with Crippen LogP contribution < -0.4 is 10.2 Å². The molecule has 8 nitrogen and oxygen atoms in total. The molecular weight excluding hydrogens is 344 g/mol. The Bertz CT molecular complexity index is 934. The molecule has 1 saturated heterocycles. The molecule has 27 heavy (non-hydrogen) atoms. The lowest BCUT2D eigenvalue weighted by molar-refractivity contribution is 0.101. The third kappa shape index (κ3) is 3.80. The van der Waals surface area contributed by atoms with Crippen molar-refractivity contribution in [1.29, 1.82) is 0 Å². The highest BCUT2D eigenvalue weighted by Gasteiger charge is 2.16. The molecule has 0 saturated carbocycles. The van der Waals surface area contributed by atoms with E-state index in [9.17, 15) is 4.79 Å². The third-order valence-corrected chi connectivity index (χ3v) is 4.37. The first-order valence-electron chi connectivity index (χ1n) is 8.79. The Balaban J connectivity index is 1.47. The van der Waals surface area contributed by atoms with Gasteiger partial charge in [-0.2, -0.15) is 0 Å². The number of benzene rings is 1. The summed E-state index contributed by atoms with van der Waals surface area (Å²) in [6.45, 7) is 4.91. The van der Waals surface area contributed by atoms with Crippen LogP contribution in [0.1, 0.15) is 16.3 Å². The fraction of sp³-hybridized carbons (Fsp3) is 0.263. The molecule has 0 atom stereocenters. The summed E-state index contributed by atoms with van der Waals surface area (Å²) < 4.78 is 6.94. The van der Waals surface area contributed by atoms with Gasteiger partial charge in [0.25, 0.3) is 5.91 Å². The van der Waals surface area contributed by atoms with E-state index in [-0.39, 0.29) is 11.7 Å². The normalized spacial score (nSPS) is 14.2. The maximum Gasteiger partial charge on any atom is 0.295 e. The Labute approximate surface area is 156 Å². The molecule has 2 aromatic heterocycles. The molecular formula is C19H20N6O2. The fourth-order valence-corrected chi connectivity index (χ4v) is 2.90. The summed E-state index contributed by atoms with van der Waals surface area (Å²) in [5, 5.41) is 7.09. The predicted octanol–water partition coefficient (Wildman–Crippen LogP) is 2.06. The largest absolute Gasteiger partial charge is 0.378 e. The minimum absolute atomic E-state index is 0.107. The zero-order valence-corrected chi connectivity index (χ0v) is 15.0. The van der Waals surface area contributed by atoms with Gasteiger partial charge in [-0.05, 0) is 31.2 Å². The van der Waals surface area contributed by atoms with Crippen LogP contribution in [0, 0.1) is 6.92 Å². The van der Waals surface area contributed by atoms with Crippen molar-refractivity contribution >= 4 is 17.4 Å². The van der Waals surface area contributed by atoms with E-state index in [1.807, 2.05) is 49.4 Å². The van der Waals surface area contributed by atoms with Gasteiger partial charge in [0.1, 0.15) is 12.1 Å². The van der Waals surface area contributed by atoms with E-state index in [0.717, 1.165) is 30.3 Å². The first kappa shape index (κ1) is 17.2. The molecule has 1 fully saturated rings. The van der Waals surface area contributed by atoms with Gasteiger partial charge in [-0.3, -0.25) is 4.79 Å². The second kappa shape index (κ2) is 7.55. The fourth-order valence-electron chi connectivity index (χ4n) is 2.90. The number of morpholine rings is 1. The van der Waals surface area contributed by atoms with Crippen LogP contribution in [-0.2, 0) is 4.74 Å². The first-order valence-corrected chi connectivity index (χ1v) is 8.79. The number of aryl methyl sites for hydroxylation is 1. The van der Waals surface area contributed by atoms with Gasteiger partial charge in [-0.15, -0.1) is 5.10 Å². The molecule has 1 N–H and O–H groups in total. The second-order valence-electron chi connectivity index (χ2n) is 6.20.